The summed E-state index contributed by atoms with van der Waals surface area (Å²) in [6.07, 6.45) is 5.73. The number of aromatic nitrogens is 1. The van der Waals surface area contributed by atoms with Crippen LogP contribution in [0.2, 0.25) is 0 Å². The summed E-state index contributed by atoms with van der Waals surface area (Å²) >= 11 is 0. The highest BCUT2D eigenvalue weighted by molar-refractivity contribution is 7.84. The Bertz CT molecular complexity index is 342. The Morgan fingerprint density at radius 1 is 1.24 bits per heavy atom. The smallest absolute Gasteiger partial charge is 0.127 e. The van der Waals surface area contributed by atoms with Gasteiger partial charge < -0.3 is 17.3 Å². The van der Waals surface area contributed by atoms with Crippen LogP contribution in [0.5, 0.6) is 0 Å². The average Bonchev–Trinajstić information content (AvgIpc) is 2.38. The standard InChI is InChI=1S/C12H18N2OS.ClH/c15-16(12-6-2-3-7-13-12)11-10-14-8-4-1-5-9-14;/h2-3,6-7H,1,4-5,8-11H2;1H. The zero-order chi connectivity index (χ0) is 11.2. The number of hydrogen-bond donors (Lipinski definition) is 1. The highest BCUT2D eigenvalue weighted by Gasteiger charge is 2.15. The Kier molecular flexibility index (Phi) is 6.70. The van der Waals surface area contributed by atoms with Gasteiger partial charge in [-0.05, 0) is 31.4 Å². The van der Waals surface area contributed by atoms with Gasteiger partial charge in [0.25, 0.3) is 0 Å². The lowest BCUT2D eigenvalue weighted by Crippen LogP contribution is -3.13. The van der Waals surface area contributed by atoms with Gasteiger partial charge >= 0.3 is 0 Å². The van der Waals surface area contributed by atoms with Crippen LogP contribution in [0.15, 0.2) is 29.4 Å². The quantitative estimate of drug-likeness (QED) is 0.647. The Hall–Kier alpha value is -0.450. The van der Waals surface area contributed by atoms with Crippen molar-refractivity contribution in [2.45, 2.75) is 24.3 Å². The van der Waals surface area contributed by atoms with Crippen molar-refractivity contribution in [1.82, 2.24) is 4.98 Å². The molecule has 1 aromatic heterocycles. The van der Waals surface area contributed by atoms with Gasteiger partial charge in [0.05, 0.1) is 36.2 Å². The van der Waals surface area contributed by atoms with Gasteiger partial charge in [-0.15, -0.1) is 0 Å². The zero-order valence-corrected chi connectivity index (χ0v) is 11.5. The highest BCUT2D eigenvalue weighted by Crippen LogP contribution is 2.00. The molecule has 0 amide bonds. The maximum Gasteiger partial charge on any atom is 0.127 e. The average molecular weight is 275 g/mol. The lowest BCUT2D eigenvalue weighted by Gasteiger charge is -2.23. The molecule has 1 atom stereocenters. The fourth-order valence-corrected chi connectivity index (χ4v) is 3.22. The molecule has 1 N–H and O–H groups in total. The van der Waals surface area contributed by atoms with E-state index in [0.29, 0.717) is 0 Å². The molecule has 5 heteroatoms. The first-order valence-electron chi connectivity index (χ1n) is 5.99. The summed E-state index contributed by atoms with van der Waals surface area (Å²) in [6.45, 7) is 3.52. The summed E-state index contributed by atoms with van der Waals surface area (Å²) in [5.41, 5.74) is 0. The van der Waals surface area contributed by atoms with Crippen LogP contribution in [0.3, 0.4) is 0 Å². The van der Waals surface area contributed by atoms with E-state index >= 15 is 0 Å². The molecule has 0 aromatic carbocycles. The topological polar surface area (TPSA) is 34.4 Å². The maximum absolute atomic E-state index is 11.9. The number of quaternary nitrogens is 1. The van der Waals surface area contributed by atoms with E-state index in [2.05, 4.69) is 4.98 Å². The number of pyridine rings is 1. The minimum absolute atomic E-state index is 0. The summed E-state index contributed by atoms with van der Waals surface area (Å²) in [6, 6.07) is 5.60. The molecule has 0 radical (unpaired) electrons. The lowest BCUT2D eigenvalue weighted by molar-refractivity contribution is -0.902. The number of piperidine rings is 1. The molecule has 1 unspecified atom stereocenters. The highest BCUT2D eigenvalue weighted by atomic mass is 35.5. The molecule has 17 heavy (non-hydrogen) atoms. The van der Waals surface area contributed by atoms with Crippen molar-refractivity contribution in [2.75, 3.05) is 25.4 Å². The predicted octanol–water partition coefficient (Wildman–Crippen LogP) is -2.74. The minimum atomic E-state index is -0.917. The van der Waals surface area contributed by atoms with Crippen LogP contribution < -0.4 is 17.3 Å². The molecular formula is C12H19ClN2OS. The van der Waals surface area contributed by atoms with E-state index in [0.717, 1.165) is 17.3 Å². The van der Waals surface area contributed by atoms with Crippen molar-refractivity contribution in [2.24, 2.45) is 0 Å². The molecule has 1 aliphatic rings. The Morgan fingerprint density at radius 2 is 2.00 bits per heavy atom. The third-order valence-electron chi connectivity index (χ3n) is 3.07. The van der Waals surface area contributed by atoms with E-state index in [9.17, 15) is 4.21 Å². The zero-order valence-electron chi connectivity index (χ0n) is 9.90. The summed E-state index contributed by atoms with van der Waals surface area (Å²) < 4.78 is 11.9. The van der Waals surface area contributed by atoms with Crippen LogP contribution in [-0.2, 0) is 10.8 Å². The molecule has 2 rings (SSSR count). The summed E-state index contributed by atoms with van der Waals surface area (Å²) in [4.78, 5) is 5.74. The maximum atomic E-state index is 11.9. The van der Waals surface area contributed by atoms with E-state index in [-0.39, 0.29) is 12.4 Å². The van der Waals surface area contributed by atoms with Crippen LogP contribution >= 0.6 is 0 Å². The predicted molar refractivity (Wildman–Crippen MR) is 64.9 cm³/mol. The van der Waals surface area contributed by atoms with Gasteiger partial charge in [-0.3, -0.25) is 4.21 Å². The van der Waals surface area contributed by atoms with Gasteiger partial charge in [0.2, 0.25) is 0 Å². The molecule has 3 nitrogen and oxygen atoms in total. The van der Waals surface area contributed by atoms with Crippen molar-refractivity contribution >= 4 is 10.8 Å². The Morgan fingerprint density at radius 3 is 2.65 bits per heavy atom. The summed E-state index contributed by atoms with van der Waals surface area (Å²) in [5, 5.41) is 0.721. The molecule has 0 aliphatic carbocycles. The SMILES string of the molecule is O=S(CC[NH+]1CCCCC1)c1ccccn1.[Cl-]. The van der Waals surface area contributed by atoms with Crippen molar-refractivity contribution in [1.29, 1.82) is 0 Å². The minimum Gasteiger partial charge on any atom is -1.00 e. The number of nitrogens with one attached hydrogen (secondary N) is 1. The summed E-state index contributed by atoms with van der Waals surface area (Å²) in [5.74, 6) is 0.742. The molecule has 0 bridgehead atoms. The largest absolute Gasteiger partial charge is 1.00 e. The van der Waals surface area contributed by atoms with Gasteiger partial charge in [0, 0.05) is 6.20 Å². The van der Waals surface area contributed by atoms with Crippen LogP contribution in [0.1, 0.15) is 19.3 Å². The molecular weight excluding hydrogens is 256 g/mol. The molecule has 96 valence electrons. The first-order valence-corrected chi connectivity index (χ1v) is 7.31. The molecule has 2 heterocycles. The number of nitrogens with zero attached hydrogens (tertiary/aromatic N) is 1. The fraction of sp³-hybridized carbons (Fsp3) is 0.583. The molecule has 0 saturated carbocycles. The third-order valence-corrected chi connectivity index (χ3v) is 4.36. The molecule has 1 fully saturated rings. The van der Waals surface area contributed by atoms with E-state index in [1.165, 1.54) is 32.4 Å². The molecule has 1 aromatic rings. The van der Waals surface area contributed by atoms with Crippen molar-refractivity contribution in [3.05, 3.63) is 24.4 Å². The van der Waals surface area contributed by atoms with E-state index in [1.807, 2.05) is 18.2 Å². The first kappa shape index (κ1) is 14.6. The van der Waals surface area contributed by atoms with Crippen molar-refractivity contribution < 1.29 is 21.5 Å². The van der Waals surface area contributed by atoms with Crippen LogP contribution in [0.25, 0.3) is 0 Å². The number of likely N-dealkylation sites (tertiary alicyclic amines) is 1. The lowest BCUT2D eigenvalue weighted by atomic mass is 10.1. The molecule has 1 aliphatic heterocycles. The van der Waals surface area contributed by atoms with Crippen molar-refractivity contribution in [3.8, 4) is 0 Å². The number of halogens is 1. The third kappa shape index (κ3) is 4.74. The fourth-order valence-electron chi connectivity index (χ4n) is 2.13. The number of hydrogen-bond acceptors (Lipinski definition) is 2. The van der Waals surface area contributed by atoms with Gasteiger partial charge in [0.1, 0.15) is 5.03 Å². The van der Waals surface area contributed by atoms with Crippen LogP contribution in [-0.4, -0.2) is 34.6 Å². The van der Waals surface area contributed by atoms with Crippen LogP contribution in [0.4, 0.5) is 0 Å². The van der Waals surface area contributed by atoms with E-state index < -0.39 is 10.8 Å². The van der Waals surface area contributed by atoms with E-state index in [4.69, 9.17) is 0 Å². The van der Waals surface area contributed by atoms with Crippen LogP contribution in [0, 0.1) is 0 Å². The number of rotatable bonds is 4. The normalized spacial score (nSPS) is 18.4. The Balaban J connectivity index is 0.00000144. The van der Waals surface area contributed by atoms with Gasteiger partial charge in [-0.2, -0.15) is 0 Å². The molecule has 1 saturated heterocycles. The second-order valence-corrected chi connectivity index (χ2v) is 5.80. The van der Waals surface area contributed by atoms with Gasteiger partial charge in [0.15, 0.2) is 0 Å². The monoisotopic (exact) mass is 274 g/mol. The van der Waals surface area contributed by atoms with E-state index in [1.54, 1.807) is 11.1 Å². The van der Waals surface area contributed by atoms with Gasteiger partial charge in [-0.25, -0.2) is 4.98 Å². The molecule has 0 spiro atoms. The summed E-state index contributed by atoms with van der Waals surface area (Å²) in [7, 11) is -0.917. The first-order chi connectivity index (χ1) is 7.86. The second-order valence-electron chi connectivity index (χ2n) is 4.28. The van der Waals surface area contributed by atoms with Gasteiger partial charge in [-0.1, -0.05) is 6.07 Å². The van der Waals surface area contributed by atoms with Crippen molar-refractivity contribution in [3.63, 3.8) is 0 Å². The Labute approximate surface area is 111 Å². The second kappa shape index (κ2) is 7.80.